The molecule has 0 amide bonds. The molecule has 0 nitrogen and oxygen atoms in total. The molecule has 1 aromatic rings. The molecule has 14 heavy (non-hydrogen) atoms. The molecule has 0 aromatic heterocycles. The average Bonchev–Trinajstić information content (AvgIpc) is 2.04. The summed E-state index contributed by atoms with van der Waals surface area (Å²) >= 11 is -3.82. The molecule has 0 bridgehead atoms. The Kier molecular flexibility index (Phi) is 6.26. The minimum atomic E-state index is -4.11. The maximum atomic E-state index is 12.1. The Morgan fingerprint density at radius 3 is 2.07 bits per heavy atom. The zero-order valence-electron chi connectivity index (χ0n) is 7.22. The fraction of sp³-hybridized carbons (Fsp3) is 0.250. The Morgan fingerprint density at radius 1 is 1.14 bits per heavy atom. The average molecular weight is 342 g/mol. The second kappa shape index (κ2) is 6.09. The molecule has 6 heteroatoms. The van der Waals surface area contributed by atoms with Gasteiger partial charge >= 0.3 is 83.5 Å². The van der Waals surface area contributed by atoms with Gasteiger partial charge in [-0.3, -0.25) is 0 Å². The number of benzene rings is 1. The molecule has 0 unspecified atom stereocenters. The van der Waals surface area contributed by atoms with E-state index >= 15 is 0 Å². The van der Waals surface area contributed by atoms with Crippen LogP contribution in [0.15, 0.2) is 30.3 Å². The Balaban J connectivity index is 0.00000169. The number of halogens is 5. The van der Waals surface area contributed by atoms with Gasteiger partial charge in [0.25, 0.3) is 0 Å². The van der Waals surface area contributed by atoms with Gasteiger partial charge < -0.3 is 0 Å². The van der Waals surface area contributed by atoms with E-state index in [2.05, 4.69) is 0 Å². The van der Waals surface area contributed by atoms with E-state index in [-0.39, 0.29) is 22.0 Å². The topological polar surface area (TPSA) is 0 Å². The molecule has 0 fully saturated rings. The van der Waals surface area contributed by atoms with Gasteiger partial charge in [0, 0.05) is 0 Å². The zero-order valence-corrected chi connectivity index (χ0v) is 12.7. The molecule has 0 saturated carbocycles. The van der Waals surface area contributed by atoms with E-state index in [0.717, 1.165) is 0 Å². The van der Waals surface area contributed by atoms with Crippen molar-refractivity contribution in [3.05, 3.63) is 35.9 Å². The van der Waals surface area contributed by atoms with E-state index in [1.165, 1.54) is 0 Å². The van der Waals surface area contributed by atoms with Crippen LogP contribution in [-0.4, -0.2) is 4.77 Å². The monoisotopic (exact) mass is 339 g/mol. The Morgan fingerprint density at radius 2 is 1.64 bits per heavy atom. The zero-order chi connectivity index (χ0) is 9.90. The molecule has 0 aliphatic heterocycles. The second-order valence-electron chi connectivity index (χ2n) is 2.92. The maximum absolute atomic E-state index is 12.1. The third kappa shape index (κ3) is 4.76. The molecule has 0 N–H and O–H groups in total. The van der Waals surface area contributed by atoms with Crippen molar-refractivity contribution in [1.29, 1.82) is 0 Å². The summed E-state index contributed by atoms with van der Waals surface area (Å²) in [6, 6.07) is 8.58. The van der Waals surface area contributed by atoms with Crippen molar-refractivity contribution in [3.63, 3.8) is 0 Å². The van der Waals surface area contributed by atoms with Gasteiger partial charge in [0.15, 0.2) is 0 Å². The van der Waals surface area contributed by atoms with Gasteiger partial charge in [0.05, 0.1) is 0 Å². The van der Waals surface area contributed by atoms with Gasteiger partial charge in [0.1, 0.15) is 0 Å². The first kappa shape index (κ1) is 14.4. The molecule has 0 radical (unpaired) electrons. The Hall–Kier alpha value is 0.403. The molecule has 0 saturated heterocycles. The van der Waals surface area contributed by atoms with Gasteiger partial charge in [-0.15, -0.1) is 17.0 Å². The van der Waals surface area contributed by atoms with Gasteiger partial charge in [-0.05, 0) is 0 Å². The molecule has 0 aliphatic rings. The van der Waals surface area contributed by atoms with Gasteiger partial charge in [-0.25, -0.2) is 0 Å². The number of rotatable bonds is 2. The summed E-state index contributed by atoms with van der Waals surface area (Å²) < 4.78 is 32.2. The van der Waals surface area contributed by atoms with Crippen LogP contribution in [0.2, 0.25) is 0 Å². The van der Waals surface area contributed by atoms with E-state index in [9.17, 15) is 13.2 Å². The van der Waals surface area contributed by atoms with Crippen molar-refractivity contribution in [2.24, 2.45) is 0 Å². The van der Waals surface area contributed by atoms with E-state index in [0.29, 0.717) is 5.56 Å². The summed E-state index contributed by atoms with van der Waals surface area (Å²) in [5, 5.41) is 0.0336. The molecule has 77 valence electrons. The molecule has 0 heterocycles. The van der Waals surface area contributed by atoms with Crippen LogP contribution in [0.1, 0.15) is 5.56 Å². The molecule has 0 aliphatic carbocycles. The van der Waals surface area contributed by atoms with Crippen LogP contribution in [0, 0.1) is 0 Å². The molecule has 1 aromatic carbocycles. The Labute approximate surface area is 100 Å². The van der Waals surface area contributed by atoms with Crippen LogP contribution in [-0.2, 0) is 20.0 Å². The quantitative estimate of drug-likeness (QED) is 0.712. The summed E-state index contributed by atoms with van der Waals surface area (Å²) in [4.78, 5) is 0. The van der Waals surface area contributed by atoms with Crippen molar-refractivity contribution in [2.75, 3.05) is 0 Å². The fourth-order valence-corrected chi connectivity index (χ4v) is 4.53. The van der Waals surface area contributed by atoms with Crippen molar-refractivity contribution >= 4 is 26.7 Å². The van der Waals surface area contributed by atoms with E-state index < -0.39 is 19.7 Å². The van der Waals surface area contributed by atoms with Crippen LogP contribution in [0.4, 0.5) is 13.2 Å². The van der Waals surface area contributed by atoms with E-state index in [1.54, 1.807) is 30.3 Å². The van der Waals surface area contributed by atoms with Crippen molar-refractivity contribution in [1.82, 2.24) is 0 Å². The summed E-state index contributed by atoms with van der Waals surface area (Å²) in [6.07, 6.45) is 0. The van der Waals surface area contributed by atoms with Gasteiger partial charge in [-0.2, -0.15) is 0 Å². The summed E-state index contributed by atoms with van der Waals surface area (Å²) in [7, 11) is 5.37. The van der Waals surface area contributed by atoms with Crippen molar-refractivity contribution < 1.29 is 28.1 Å². The molecular weight excluding hydrogens is 334 g/mol. The first-order valence-electron chi connectivity index (χ1n) is 3.95. The summed E-state index contributed by atoms with van der Waals surface area (Å²) in [5.41, 5.74) is 0.690. The van der Waals surface area contributed by atoms with Crippen LogP contribution in [0.25, 0.3) is 0 Å². The van der Waals surface area contributed by atoms with Crippen LogP contribution < -0.4 is 0 Å². The first-order chi connectivity index (χ1) is 6.00. The molecule has 0 spiro atoms. The normalized spacial score (nSPS) is 10.6. The number of alkyl halides is 3. The Bertz CT molecular complexity index is 265. The van der Waals surface area contributed by atoms with Gasteiger partial charge in [-0.1, -0.05) is 0 Å². The second-order valence-corrected chi connectivity index (χ2v) is 11.4. The summed E-state index contributed by atoms with van der Waals surface area (Å²) in [6.45, 7) is 0. The number of hydrogen-bond acceptors (Lipinski definition) is 0. The minimum absolute atomic E-state index is 0. The van der Waals surface area contributed by atoms with Crippen LogP contribution in [0.3, 0.4) is 0 Å². The van der Waals surface area contributed by atoms with E-state index in [1.807, 2.05) is 0 Å². The SMILES string of the molecule is Br.F[C](F)(F)[Zn]([Cl])[CH2]c1ccccc1. The van der Waals surface area contributed by atoms with Crippen LogP contribution in [0.5, 0.6) is 0 Å². The number of hydrogen-bond donors (Lipinski definition) is 0. The predicted molar refractivity (Wildman–Crippen MR) is 52.4 cm³/mol. The third-order valence-electron chi connectivity index (χ3n) is 1.79. The van der Waals surface area contributed by atoms with Crippen LogP contribution >= 0.6 is 26.7 Å². The first-order valence-corrected chi connectivity index (χ1v) is 11.4. The molecule has 1 rings (SSSR count). The van der Waals surface area contributed by atoms with E-state index in [4.69, 9.17) is 9.69 Å². The van der Waals surface area contributed by atoms with Crippen molar-refractivity contribution in [3.8, 4) is 0 Å². The third-order valence-corrected chi connectivity index (χ3v) is 8.30. The van der Waals surface area contributed by atoms with Gasteiger partial charge in [0.2, 0.25) is 0 Å². The molecular formula is C8H8BrClF3Zn. The molecule has 0 atom stereocenters. The summed E-state index contributed by atoms with van der Waals surface area (Å²) in [5.74, 6) is 0. The fourth-order valence-electron chi connectivity index (χ4n) is 1.04. The van der Waals surface area contributed by atoms with Crippen molar-refractivity contribution in [2.45, 2.75) is 9.79 Å². The standard InChI is InChI=1S/C7H7.CF3.BrH.ClH.Zn/c1-7-5-3-2-4-6-7;2-1(3)4;;;/h2-6H,1H2;;2*1H;/q;;;;+1/p-1. The predicted octanol–water partition coefficient (Wildman–Crippen LogP) is 4.06.